The van der Waals surface area contributed by atoms with Gasteiger partial charge in [-0.25, -0.2) is 4.98 Å². The van der Waals surface area contributed by atoms with Crippen molar-refractivity contribution in [3.8, 4) is 11.5 Å². The highest BCUT2D eigenvalue weighted by molar-refractivity contribution is 6.16. The number of phenols is 1. The predicted octanol–water partition coefficient (Wildman–Crippen LogP) is 4.20. The molecule has 16 heteroatoms. The van der Waals surface area contributed by atoms with E-state index < -0.39 is 69.8 Å². The van der Waals surface area contributed by atoms with Crippen LogP contribution in [0.15, 0.2) is 62.3 Å². The molecule has 3 aromatic carbocycles. The van der Waals surface area contributed by atoms with E-state index in [1.54, 1.807) is 45.1 Å². The molecular formula is C47H56N4O12. The van der Waals surface area contributed by atoms with Gasteiger partial charge in [-0.1, -0.05) is 45.9 Å². The Hall–Kier alpha value is -5.52. The van der Waals surface area contributed by atoms with Gasteiger partial charge < -0.3 is 59.3 Å². The molecule has 0 saturated carbocycles. The minimum absolute atomic E-state index is 0.0229. The Morgan fingerprint density at radius 1 is 0.937 bits per heavy atom. The fourth-order valence-electron chi connectivity index (χ4n) is 9.51. The summed E-state index contributed by atoms with van der Waals surface area (Å²) in [4.78, 5) is 49.4. The van der Waals surface area contributed by atoms with Gasteiger partial charge in [0.2, 0.25) is 10.9 Å². The Morgan fingerprint density at radius 2 is 1.63 bits per heavy atom. The fraction of sp³-hybridized carbons (Fsp3) is 0.489. The summed E-state index contributed by atoms with van der Waals surface area (Å²) in [6.07, 6.45) is 4.89. The first kappa shape index (κ1) is 44.1. The molecule has 1 aromatic heterocycles. The Labute approximate surface area is 363 Å². The Kier molecular flexibility index (Phi) is 11.4. The zero-order chi connectivity index (χ0) is 45.4. The van der Waals surface area contributed by atoms with Crippen molar-refractivity contribution in [3.63, 3.8) is 0 Å². The van der Waals surface area contributed by atoms with Crippen LogP contribution in [0.25, 0.3) is 38.7 Å². The molecule has 336 valence electrons. The van der Waals surface area contributed by atoms with Gasteiger partial charge in [-0.15, -0.1) is 0 Å². The van der Waals surface area contributed by atoms with Crippen LogP contribution in [0, 0.1) is 30.6 Å². The molecule has 6 N–H and O–H groups in total. The lowest BCUT2D eigenvalue weighted by Gasteiger charge is -2.54. The summed E-state index contributed by atoms with van der Waals surface area (Å²) in [5, 5.41) is 52.5. The summed E-state index contributed by atoms with van der Waals surface area (Å²) in [5.41, 5.74) is -1.85. The molecule has 10 atom stereocenters. The van der Waals surface area contributed by atoms with Crippen LogP contribution in [-0.4, -0.2) is 100 Å². The number of hydrogen-bond acceptors (Lipinski definition) is 15. The van der Waals surface area contributed by atoms with Crippen molar-refractivity contribution in [3.05, 3.63) is 79.5 Å². The van der Waals surface area contributed by atoms with Crippen LogP contribution in [0.2, 0.25) is 0 Å². The second kappa shape index (κ2) is 16.2. The number of carbonyl (C=O) groups is 1. The maximum Gasteiger partial charge on any atom is 0.307 e. The molecule has 0 spiro atoms. The lowest BCUT2D eigenvalue weighted by Crippen LogP contribution is -2.60. The number of methoxy groups -OCH3 is 1. The summed E-state index contributed by atoms with van der Waals surface area (Å²) < 4.78 is 30.9. The van der Waals surface area contributed by atoms with Crippen molar-refractivity contribution < 1.29 is 48.6 Å². The maximum absolute atomic E-state index is 14.8. The lowest BCUT2D eigenvalue weighted by atomic mass is 9.70. The number of fused-ring (bicyclic) bond motifs is 1. The second-order valence-corrected chi connectivity index (χ2v) is 17.9. The fourth-order valence-corrected chi connectivity index (χ4v) is 9.51. The standard InChI is InChI=1S/C47H56N4O12/c1-21-11-10-13-46(7)26(6)41(62-46)24(4)38(54)23(3)37(53)22(2)29(59-9)12-18-60-47(8)44(57)33-31-32(39(55)25(5)42(33)63-47)40(56)36(50-45(21)58)43-35(31)49-34-28(52)19-27(20-30(34)61-43)51-16-14-48-15-17-51/h10-13,18-20,22-24,26,29,37-38,41,48,53-55,57H,14-17H2,1-9H3,(H,50,58)/b13-10+,18-12+,21-11-/t22-,23+,24+,26-,29+,37-,38+,41-,46+,47+/m1/s1. The predicted molar refractivity (Wildman–Crippen MR) is 238 cm³/mol. The smallest absolute Gasteiger partial charge is 0.307 e. The molecule has 4 aromatic rings. The van der Waals surface area contributed by atoms with Crippen LogP contribution in [0.5, 0.6) is 11.5 Å². The summed E-state index contributed by atoms with van der Waals surface area (Å²) in [7, 11) is 1.47. The number of allylic oxidation sites excluding steroid dienone is 2. The summed E-state index contributed by atoms with van der Waals surface area (Å²) in [5.74, 6) is -5.15. The minimum Gasteiger partial charge on any atom is -0.507 e. The Morgan fingerprint density at radius 3 is 2.32 bits per heavy atom. The van der Waals surface area contributed by atoms with Crippen LogP contribution in [-0.2, 0) is 19.0 Å². The molecule has 8 heterocycles. The first-order valence-corrected chi connectivity index (χ1v) is 21.4. The van der Waals surface area contributed by atoms with E-state index in [4.69, 9.17) is 28.3 Å². The number of hydrogen-bond donors (Lipinski definition) is 6. The number of aliphatic hydroxyl groups is 3. The number of aromatic hydroxyl groups is 1. The normalized spacial score (nSPS) is 33.6. The van der Waals surface area contributed by atoms with Crippen molar-refractivity contribution in [2.75, 3.05) is 43.5 Å². The van der Waals surface area contributed by atoms with Gasteiger partial charge in [-0.3, -0.25) is 14.4 Å². The molecule has 16 nitrogen and oxygen atoms in total. The number of phenolic OH excluding ortho intramolecular Hbond substituents is 1. The highest BCUT2D eigenvalue weighted by Gasteiger charge is 2.52. The Balaban J connectivity index is 1.36. The van der Waals surface area contributed by atoms with Crippen LogP contribution in [0.1, 0.15) is 54.0 Å². The molecule has 0 unspecified atom stereocenters. The van der Waals surface area contributed by atoms with Gasteiger partial charge in [0.15, 0.2) is 22.4 Å². The van der Waals surface area contributed by atoms with Gasteiger partial charge in [0.1, 0.15) is 22.7 Å². The van der Waals surface area contributed by atoms with E-state index in [0.717, 1.165) is 0 Å². The van der Waals surface area contributed by atoms with E-state index in [-0.39, 0.29) is 78.7 Å². The third-order valence-corrected chi connectivity index (χ3v) is 13.9. The van der Waals surface area contributed by atoms with E-state index in [9.17, 15) is 34.8 Å². The molecule has 7 aliphatic heterocycles. The van der Waals surface area contributed by atoms with Crippen LogP contribution in [0.4, 0.5) is 11.4 Å². The zero-order valence-electron chi connectivity index (χ0n) is 36.9. The minimum atomic E-state index is -1.93. The third kappa shape index (κ3) is 7.21. The van der Waals surface area contributed by atoms with Crippen LogP contribution in [0.3, 0.4) is 0 Å². The Bertz CT molecular complexity index is 2800. The van der Waals surface area contributed by atoms with Crippen molar-refractivity contribution in [2.45, 2.75) is 91.2 Å². The molecule has 1 amide bonds. The van der Waals surface area contributed by atoms with Crippen LogP contribution < -0.4 is 36.3 Å². The van der Waals surface area contributed by atoms with E-state index in [1.165, 1.54) is 33.3 Å². The van der Waals surface area contributed by atoms with Gasteiger partial charge in [-0.05, 0) is 26.8 Å². The maximum atomic E-state index is 14.8. The second-order valence-electron chi connectivity index (χ2n) is 17.9. The molecule has 0 aliphatic carbocycles. The van der Waals surface area contributed by atoms with Crippen molar-refractivity contribution in [1.82, 2.24) is 10.3 Å². The van der Waals surface area contributed by atoms with Crippen LogP contribution >= 0.6 is 0 Å². The van der Waals surface area contributed by atoms with Crippen molar-refractivity contribution >= 4 is 56.0 Å². The zero-order valence-corrected chi connectivity index (χ0v) is 36.9. The molecule has 11 rings (SSSR count). The molecule has 7 aliphatic rings. The monoisotopic (exact) mass is 868 g/mol. The number of piperazine rings is 1. The largest absolute Gasteiger partial charge is 0.507 e. The summed E-state index contributed by atoms with van der Waals surface area (Å²) >= 11 is 0. The number of carbonyl (C=O) groups excluding carboxylic acids is 1. The first-order valence-electron chi connectivity index (χ1n) is 21.4. The SMILES string of the molecule is CO[C@H]1/C=C/O[C@@]2(C)Oc3c(C)c(O)c4c(=O)c(c5oc6cc(N7CCNCC7)cc(=O)c6nc5c4c3=C2O)NC(=O)/C(C)=C\C=C\[C@]2(C)O[C@H]([C@@H](C)[C@@H](O)[C@@H](C)[C@H](O)[C@@H]1C)[C@H]2C. The number of aromatic nitrogens is 1. The number of anilines is 2. The highest BCUT2D eigenvalue weighted by atomic mass is 16.7. The van der Waals surface area contributed by atoms with Gasteiger partial charge in [0, 0.05) is 98.2 Å². The lowest BCUT2D eigenvalue weighted by molar-refractivity contribution is -0.251. The van der Waals surface area contributed by atoms with E-state index >= 15 is 0 Å². The van der Waals surface area contributed by atoms with E-state index in [2.05, 4.69) is 10.6 Å². The number of aliphatic hydroxyl groups excluding tert-OH is 3. The summed E-state index contributed by atoms with van der Waals surface area (Å²) in [6.45, 7) is 16.6. The number of nitrogens with zero attached hydrogens (tertiary/aromatic N) is 2. The van der Waals surface area contributed by atoms with Crippen molar-refractivity contribution in [2.24, 2.45) is 23.7 Å². The average Bonchev–Trinajstić information content (AvgIpc) is 3.54. The molecular weight excluding hydrogens is 813 g/mol. The van der Waals surface area contributed by atoms with E-state index in [1.807, 2.05) is 31.7 Å². The number of rotatable bonds is 2. The number of amides is 1. The number of benzene rings is 3. The topological polar surface area (TPSA) is 222 Å². The van der Waals surface area contributed by atoms with Gasteiger partial charge in [0.05, 0.1) is 46.9 Å². The quantitative estimate of drug-likeness (QED) is 0.123. The molecule has 7 bridgehead atoms. The number of nitrogens with one attached hydrogen (secondary N) is 2. The van der Waals surface area contributed by atoms with Gasteiger partial charge in [-0.2, -0.15) is 0 Å². The number of ether oxygens (including phenoxy) is 4. The molecule has 0 radical (unpaired) electrons. The summed E-state index contributed by atoms with van der Waals surface area (Å²) in [6, 6.07) is 3.13. The molecule has 2 fully saturated rings. The van der Waals surface area contributed by atoms with Gasteiger partial charge >= 0.3 is 5.79 Å². The van der Waals surface area contributed by atoms with E-state index in [0.29, 0.717) is 31.9 Å². The molecule has 63 heavy (non-hydrogen) atoms. The average molecular weight is 869 g/mol. The molecule has 2 saturated heterocycles. The highest BCUT2D eigenvalue weighted by Crippen LogP contribution is 2.46. The third-order valence-electron chi connectivity index (χ3n) is 13.9. The van der Waals surface area contributed by atoms with Gasteiger partial charge in [0.25, 0.3) is 5.91 Å². The van der Waals surface area contributed by atoms with Crippen molar-refractivity contribution in [1.29, 1.82) is 0 Å². The first-order chi connectivity index (χ1) is 29.8.